The van der Waals surface area contributed by atoms with Gasteiger partial charge in [-0.05, 0) is 88.1 Å². The fourth-order valence-electron chi connectivity index (χ4n) is 7.88. The van der Waals surface area contributed by atoms with Gasteiger partial charge in [0.25, 0.3) is 0 Å². The first-order valence-electron chi connectivity index (χ1n) is 19.4. The van der Waals surface area contributed by atoms with Gasteiger partial charge >= 0.3 is 11.9 Å². The summed E-state index contributed by atoms with van der Waals surface area (Å²) in [6.07, 6.45) is 13.4. The van der Waals surface area contributed by atoms with E-state index in [2.05, 4.69) is 73.7 Å². The maximum Gasteiger partial charge on any atom is 0.333 e. The van der Waals surface area contributed by atoms with Crippen LogP contribution >= 0.6 is 0 Å². The number of hydrogen-bond acceptors (Lipinski definition) is 9. The second-order valence-corrected chi connectivity index (χ2v) is 22.4. The Bertz CT molecular complexity index is 1500. The van der Waals surface area contributed by atoms with Crippen LogP contribution in [0.15, 0.2) is 58.7 Å². The summed E-state index contributed by atoms with van der Waals surface area (Å²) in [7, 11) is -2.48. The molecule has 2 bridgehead atoms. The molecule has 0 saturated carbocycles. The molecule has 10 atom stereocenters. The summed E-state index contributed by atoms with van der Waals surface area (Å²) in [6.45, 7) is 22.8. The monoisotopic (exact) mass is 740 g/mol. The highest BCUT2D eigenvalue weighted by molar-refractivity contribution is 6.74. The Morgan fingerprint density at radius 2 is 1.88 bits per heavy atom. The van der Waals surface area contributed by atoms with Crippen molar-refractivity contribution in [3.05, 3.63) is 58.7 Å². The average molecular weight is 741 g/mol. The summed E-state index contributed by atoms with van der Waals surface area (Å²) >= 11 is 0. The Balaban J connectivity index is 1.60. The molecule has 5 rings (SSSR count). The molecule has 1 N–H and O–H groups in total. The topological polar surface area (TPSA) is 110 Å². The SMILES string of the molecule is C/C=C(\C)C(=O)OCC1=C[C@H]2C(=O)O[C@H]3C[C@@H](C/C=C(\C)C[C@@H](C)/C=C/C=C4\CO[C@H]([C@@H]1O[Si](C)(C)C(C)(C)C)[C@@]42O)O[C@@]1(CC[C@H](C)[C@@H](C)O1)C3. The first-order valence-corrected chi connectivity index (χ1v) is 22.3. The molecule has 52 heavy (non-hydrogen) atoms. The molecule has 5 aliphatic rings. The fourth-order valence-corrected chi connectivity index (χ4v) is 9.15. The molecule has 0 amide bonds. The quantitative estimate of drug-likeness (QED) is 0.130. The van der Waals surface area contributed by atoms with Gasteiger partial charge in [0.2, 0.25) is 0 Å². The molecule has 1 aliphatic carbocycles. The van der Waals surface area contributed by atoms with Crippen LogP contribution in [0.5, 0.6) is 0 Å². The summed E-state index contributed by atoms with van der Waals surface area (Å²) < 4.78 is 39.1. The lowest BCUT2D eigenvalue weighted by Crippen LogP contribution is -2.61. The first kappa shape index (κ1) is 40.8. The molecular formula is C42H64O9Si. The van der Waals surface area contributed by atoms with E-state index in [1.807, 2.05) is 12.2 Å². The molecule has 1 spiro atoms. The van der Waals surface area contributed by atoms with Gasteiger partial charge in [-0.15, -0.1) is 0 Å². The molecular weight excluding hydrogens is 677 g/mol. The smallest absolute Gasteiger partial charge is 0.333 e. The van der Waals surface area contributed by atoms with Crippen LogP contribution < -0.4 is 0 Å². The van der Waals surface area contributed by atoms with Crippen molar-refractivity contribution in [1.29, 1.82) is 0 Å². The highest BCUT2D eigenvalue weighted by Crippen LogP contribution is 2.50. The van der Waals surface area contributed by atoms with E-state index in [1.54, 1.807) is 26.0 Å². The van der Waals surface area contributed by atoms with E-state index in [1.165, 1.54) is 5.57 Å². The van der Waals surface area contributed by atoms with Gasteiger partial charge in [0.05, 0.1) is 24.9 Å². The van der Waals surface area contributed by atoms with E-state index in [0.717, 1.165) is 19.3 Å². The van der Waals surface area contributed by atoms with Crippen molar-refractivity contribution < 1.29 is 42.8 Å². The molecule has 9 nitrogen and oxygen atoms in total. The van der Waals surface area contributed by atoms with E-state index < -0.39 is 55.9 Å². The highest BCUT2D eigenvalue weighted by atomic mass is 28.4. The summed E-state index contributed by atoms with van der Waals surface area (Å²) in [4.78, 5) is 27.6. The van der Waals surface area contributed by atoms with Crippen molar-refractivity contribution in [2.24, 2.45) is 17.8 Å². The zero-order valence-corrected chi connectivity index (χ0v) is 34.5. The van der Waals surface area contributed by atoms with E-state index in [9.17, 15) is 14.7 Å². The summed E-state index contributed by atoms with van der Waals surface area (Å²) in [5.41, 5.74) is 1.15. The lowest BCUT2D eigenvalue weighted by Gasteiger charge is -2.49. The Hall–Kier alpha value is -2.34. The number of ether oxygens (including phenoxy) is 5. The zero-order chi connectivity index (χ0) is 38.2. The maximum atomic E-state index is 14.7. The van der Waals surface area contributed by atoms with Crippen LogP contribution in [0.2, 0.25) is 18.1 Å². The average Bonchev–Trinajstić information content (AvgIpc) is 3.39. The maximum absolute atomic E-state index is 14.7. The number of carbonyl (C=O) groups is 2. The molecule has 3 saturated heterocycles. The van der Waals surface area contributed by atoms with Gasteiger partial charge in [-0.25, -0.2) is 4.79 Å². The third kappa shape index (κ3) is 8.63. The summed E-state index contributed by atoms with van der Waals surface area (Å²) in [6, 6.07) is 0. The van der Waals surface area contributed by atoms with Crippen molar-refractivity contribution in [3.8, 4) is 0 Å². The van der Waals surface area contributed by atoms with Crippen LogP contribution in [0.4, 0.5) is 0 Å². The first-order chi connectivity index (χ1) is 24.3. The van der Waals surface area contributed by atoms with E-state index in [0.29, 0.717) is 41.9 Å². The van der Waals surface area contributed by atoms with Crippen LogP contribution in [0.1, 0.15) is 101 Å². The molecule has 0 aromatic rings. The van der Waals surface area contributed by atoms with Gasteiger partial charge in [-0.2, -0.15) is 0 Å². The minimum Gasteiger partial charge on any atom is -0.462 e. The van der Waals surface area contributed by atoms with Crippen LogP contribution in [0, 0.1) is 17.8 Å². The van der Waals surface area contributed by atoms with Gasteiger partial charge in [-0.3, -0.25) is 4.79 Å². The van der Waals surface area contributed by atoms with Crippen LogP contribution in [-0.4, -0.2) is 80.5 Å². The predicted octanol–water partition coefficient (Wildman–Crippen LogP) is 8.05. The number of hydrogen-bond donors (Lipinski definition) is 1. The molecule has 290 valence electrons. The van der Waals surface area contributed by atoms with E-state index in [-0.39, 0.29) is 36.4 Å². The molecule has 3 fully saturated rings. The normalized spacial score (nSPS) is 40.4. The molecule has 4 aliphatic heterocycles. The van der Waals surface area contributed by atoms with Crippen molar-refractivity contribution in [2.75, 3.05) is 13.2 Å². The Morgan fingerprint density at radius 3 is 2.56 bits per heavy atom. The Labute approximate surface area is 313 Å². The third-order valence-corrected chi connectivity index (χ3v) is 16.9. The molecule has 0 aromatic carbocycles. The predicted molar refractivity (Wildman–Crippen MR) is 204 cm³/mol. The number of allylic oxidation sites excluding steroid dienone is 5. The molecule has 0 radical (unpaired) electrons. The number of rotatable bonds is 5. The zero-order valence-electron chi connectivity index (χ0n) is 33.5. The summed E-state index contributed by atoms with van der Waals surface area (Å²) in [5, 5.41) is 12.8. The second kappa shape index (κ2) is 15.8. The molecule has 4 heterocycles. The fraction of sp³-hybridized carbons (Fsp3) is 0.714. The van der Waals surface area contributed by atoms with E-state index >= 15 is 0 Å². The minimum atomic E-state index is -2.48. The lowest BCUT2D eigenvalue weighted by molar-refractivity contribution is -0.332. The molecule has 10 heteroatoms. The van der Waals surface area contributed by atoms with Gasteiger partial charge < -0.3 is 33.2 Å². The van der Waals surface area contributed by atoms with Crippen molar-refractivity contribution >= 4 is 20.3 Å². The van der Waals surface area contributed by atoms with Crippen LogP contribution in [0.3, 0.4) is 0 Å². The van der Waals surface area contributed by atoms with Crippen LogP contribution in [0.25, 0.3) is 0 Å². The van der Waals surface area contributed by atoms with Gasteiger partial charge in [0.1, 0.15) is 30.3 Å². The second-order valence-electron chi connectivity index (χ2n) is 17.7. The largest absolute Gasteiger partial charge is 0.462 e. The van der Waals surface area contributed by atoms with Gasteiger partial charge in [0.15, 0.2) is 14.1 Å². The standard InChI is InChI=1S/C42H64O9Si/c1-12-28(4)38(43)47-24-31-21-35-39(44)48-34-22-33(50-41(23-34)19-18-29(5)30(6)49-41)17-16-27(3)20-26(2)14-13-15-32-25-46-37(42(32,35)45)36(31)51-52(10,11)40(7,8)9/h12-16,21,26,29-30,33-37,45H,17-20,22-25H2,1-11H3/b14-13+,27-16+,28-12+,32-15+/t26-,29-,30+,33+,34-,35-,36+,37+,41-,42+/m0/s1. The highest BCUT2D eigenvalue weighted by Gasteiger charge is 2.62. The summed E-state index contributed by atoms with van der Waals surface area (Å²) in [5.74, 6) is -2.36. The number of esters is 2. The number of aliphatic hydroxyl groups is 1. The Kier molecular flexibility index (Phi) is 12.4. The van der Waals surface area contributed by atoms with Crippen molar-refractivity contribution in [3.63, 3.8) is 0 Å². The van der Waals surface area contributed by atoms with Crippen molar-refractivity contribution in [1.82, 2.24) is 0 Å². The Morgan fingerprint density at radius 1 is 1.15 bits per heavy atom. The third-order valence-electron chi connectivity index (χ3n) is 12.5. The van der Waals surface area contributed by atoms with Gasteiger partial charge in [-0.1, -0.05) is 76.6 Å². The lowest BCUT2D eigenvalue weighted by atomic mass is 9.70. The van der Waals surface area contributed by atoms with E-state index in [4.69, 9.17) is 28.1 Å². The van der Waals surface area contributed by atoms with Gasteiger partial charge in [0, 0.05) is 24.8 Å². The van der Waals surface area contributed by atoms with Crippen LogP contribution in [-0.2, 0) is 37.7 Å². The van der Waals surface area contributed by atoms with Crippen molar-refractivity contribution in [2.45, 2.75) is 161 Å². The minimum absolute atomic E-state index is 0.00648. The molecule has 0 unspecified atom stereocenters. The number of fused-ring (bicyclic) bond motifs is 2. The molecule has 0 aromatic heterocycles. The number of carbonyl (C=O) groups excluding carboxylic acids is 2.